The third kappa shape index (κ3) is 2.53. The molecule has 0 fully saturated rings. The fraction of sp³-hybridized carbons (Fsp3) is 0.400. The minimum Gasteiger partial charge on any atom is -0.504 e. The first kappa shape index (κ1) is 12.1. The van der Waals surface area contributed by atoms with E-state index in [1.54, 1.807) is 6.07 Å². The highest BCUT2D eigenvalue weighted by Gasteiger charge is 2.14. The molecule has 0 aromatic heterocycles. The maximum Gasteiger partial charge on any atom is 0.179 e. The van der Waals surface area contributed by atoms with Crippen LogP contribution in [0.1, 0.15) is 11.1 Å². The summed E-state index contributed by atoms with van der Waals surface area (Å²) in [5.74, 6) is 0.335. The molecule has 0 aliphatic heterocycles. The summed E-state index contributed by atoms with van der Waals surface area (Å²) in [6.07, 6.45) is 0. The van der Waals surface area contributed by atoms with E-state index in [0.717, 1.165) is 5.56 Å². The predicted molar refractivity (Wildman–Crippen MR) is 58.3 cm³/mol. The Kier molecular flexibility index (Phi) is 4.20. The number of methoxy groups -OCH3 is 1. The van der Waals surface area contributed by atoms with Gasteiger partial charge in [0.05, 0.1) is 25.8 Å². The molecular weight excluding hydrogens is 218 g/mol. The van der Waals surface area contributed by atoms with Gasteiger partial charge in [0.25, 0.3) is 0 Å². The molecule has 0 radical (unpaired) electrons. The quantitative estimate of drug-likeness (QED) is 0.779. The van der Waals surface area contributed by atoms with Crippen molar-refractivity contribution >= 4 is 11.6 Å². The summed E-state index contributed by atoms with van der Waals surface area (Å²) in [6, 6.07) is 1.74. The Morgan fingerprint density at radius 1 is 1.47 bits per heavy atom. The number of hydrogen-bond acceptors (Lipinski definition) is 4. The summed E-state index contributed by atoms with van der Waals surface area (Å²) < 4.78 is 5.00. The van der Waals surface area contributed by atoms with Crippen molar-refractivity contribution in [2.24, 2.45) is 0 Å². The van der Waals surface area contributed by atoms with Crippen LogP contribution in [0.5, 0.6) is 11.5 Å². The van der Waals surface area contributed by atoms with E-state index >= 15 is 0 Å². The monoisotopic (exact) mass is 231 g/mol. The first-order valence-electron chi connectivity index (χ1n) is 4.42. The van der Waals surface area contributed by atoms with Crippen molar-refractivity contribution in [3.8, 4) is 11.5 Å². The van der Waals surface area contributed by atoms with E-state index in [9.17, 15) is 5.11 Å². The third-order valence-electron chi connectivity index (χ3n) is 2.13. The fourth-order valence-corrected chi connectivity index (χ4v) is 1.67. The second-order valence-corrected chi connectivity index (χ2v) is 3.47. The third-order valence-corrected chi connectivity index (χ3v) is 2.42. The van der Waals surface area contributed by atoms with Crippen molar-refractivity contribution in [2.75, 3.05) is 14.2 Å². The number of phenolic OH excluding ortho intramolecular Hbond substituents is 1. The average molecular weight is 232 g/mol. The molecule has 1 aromatic rings. The van der Waals surface area contributed by atoms with Crippen LogP contribution in [0, 0.1) is 6.92 Å². The van der Waals surface area contributed by atoms with Crippen LogP contribution < -0.4 is 10.2 Å². The van der Waals surface area contributed by atoms with E-state index in [2.05, 4.69) is 5.48 Å². The molecule has 0 heterocycles. The molecule has 4 nitrogen and oxygen atoms in total. The summed E-state index contributed by atoms with van der Waals surface area (Å²) in [5, 5.41) is 10.3. The molecule has 0 saturated heterocycles. The van der Waals surface area contributed by atoms with E-state index in [0.29, 0.717) is 17.1 Å². The van der Waals surface area contributed by atoms with Crippen LogP contribution in [0.15, 0.2) is 6.07 Å². The van der Waals surface area contributed by atoms with E-state index in [1.165, 1.54) is 14.2 Å². The van der Waals surface area contributed by atoms with Gasteiger partial charge >= 0.3 is 0 Å². The molecule has 0 aliphatic rings. The molecule has 5 heteroatoms. The van der Waals surface area contributed by atoms with Gasteiger partial charge in [-0.2, -0.15) is 5.48 Å². The molecule has 0 bridgehead atoms. The van der Waals surface area contributed by atoms with E-state index in [1.807, 2.05) is 6.92 Å². The number of hydrogen-bond donors (Lipinski definition) is 2. The molecular formula is C10H14ClNO3. The molecule has 0 unspecified atom stereocenters. The Balaban J connectivity index is 3.14. The lowest BCUT2D eigenvalue weighted by Gasteiger charge is -2.13. The Morgan fingerprint density at radius 2 is 2.13 bits per heavy atom. The predicted octanol–water partition coefficient (Wildman–Crippen LogP) is 2.01. The molecule has 0 saturated carbocycles. The Morgan fingerprint density at radius 3 is 2.67 bits per heavy atom. The minimum atomic E-state index is 0.0482. The lowest BCUT2D eigenvalue weighted by atomic mass is 10.1. The lowest BCUT2D eigenvalue weighted by Crippen LogP contribution is -2.12. The second-order valence-electron chi connectivity index (χ2n) is 3.06. The SMILES string of the molecule is CONCc1c(C)cc(Cl)c(OC)c1O. The summed E-state index contributed by atoms with van der Waals surface area (Å²) in [5.41, 5.74) is 4.24. The molecule has 1 rings (SSSR count). The van der Waals surface area contributed by atoms with E-state index in [4.69, 9.17) is 21.2 Å². The molecule has 1 aromatic carbocycles. The van der Waals surface area contributed by atoms with Crippen LogP contribution in [0.4, 0.5) is 0 Å². The molecule has 0 atom stereocenters. The van der Waals surface area contributed by atoms with Gasteiger partial charge in [-0.3, -0.25) is 0 Å². The number of nitrogens with one attached hydrogen (secondary N) is 1. The molecule has 0 amide bonds. The zero-order chi connectivity index (χ0) is 11.4. The first-order chi connectivity index (χ1) is 7.11. The van der Waals surface area contributed by atoms with Gasteiger partial charge in [-0.15, -0.1) is 0 Å². The second kappa shape index (κ2) is 5.21. The Bertz CT molecular complexity index is 355. The average Bonchev–Trinajstić information content (AvgIpc) is 2.17. The number of ether oxygens (including phenoxy) is 1. The molecule has 0 aliphatic carbocycles. The van der Waals surface area contributed by atoms with Gasteiger partial charge in [-0.1, -0.05) is 11.6 Å². The highest BCUT2D eigenvalue weighted by Crippen LogP contribution is 2.38. The summed E-state index contributed by atoms with van der Waals surface area (Å²) >= 11 is 5.90. The summed E-state index contributed by atoms with van der Waals surface area (Å²) in [4.78, 5) is 4.72. The van der Waals surface area contributed by atoms with E-state index < -0.39 is 0 Å². The van der Waals surface area contributed by atoms with E-state index in [-0.39, 0.29) is 11.5 Å². The van der Waals surface area contributed by atoms with Gasteiger partial charge < -0.3 is 14.7 Å². The van der Waals surface area contributed by atoms with Crippen molar-refractivity contribution in [3.05, 3.63) is 22.2 Å². The van der Waals surface area contributed by atoms with Crippen molar-refractivity contribution in [2.45, 2.75) is 13.5 Å². The fourth-order valence-electron chi connectivity index (χ4n) is 1.34. The zero-order valence-corrected chi connectivity index (χ0v) is 9.68. The lowest BCUT2D eigenvalue weighted by molar-refractivity contribution is 0.0859. The van der Waals surface area contributed by atoms with Gasteiger partial charge in [0, 0.05) is 5.56 Å². The minimum absolute atomic E-state index is 0.0482. The number of benzene rings is 1. The molecule has 2 N–H and O–H groups in total. The Hall–Kier alpha value is -0.970. The smallest absolute Gasteiger partial charge is 0.179 e. The number of aryl methyl sites for hydroxylation is 1. The number of rotatable bonds is 4. The molecule has 84 valence electrons. The largest absolute Gasteiger partial charge is 0.504 e. The van der Waals surface area contributed by atoms with Crippen LogP contribution >= 0.6 is 11.6 Å². The topological polar surface area (TPSA) is 50.7 Å². The van der Waals surface area contributed by atoms with Gasteiger partial charge in [0.1, 0.15) is 0 Å². The first-order valence-corrected chi connectivity index (χ1v) is 4.80. The van der Waals surface area contributed by atoms with Crippen molar-refractivity contribution in [1.29, 1.82) is 0 Å². The standard InChI is InChI=1S/C10H14ClNO3/c1-6-4-8(11)10(14-2)9(13)7(6)5-12-15-3/h4,12-13H,5H2,1-3H3. The number of halogens is 1. The maximum absolute atomic E-state index is 9.87. The highest BCUT2D eigenvalue weighted by molar-refractivity contribution is 6.32. The summed E-state index contributed by atoms with van der Waals surface area (Å²) in [7, 11) is 2.98. The van der Waals surface area contributed by atoms with Gasteiger partial charge in [-0.25, -0.2) is 0 Å². The van der Waals surface area contributed by atoms with Crippen LogP contribution in [0.25, 0.3) is 0 Å². The van der Waals surface area contributed by atoms with Crippen LogP contribution in [-0.4, -0.2) is 19.3 Å². The number of aromatic hydroxyl groups is 1. The van der Waals surface area contributed by atoms with Gasteiger partial charge in [0.15, 0.2) is 11.5 Å². The molecule has 15 heavy (non-hydrogen) atoms. The van der Waals surface area contributed by atoms with Crippen molar-refractivity contribution in [3.63, 3.8) is 0 Å². The van der Waals surface area contributed by atoms with Crippen LogP contribution in [0.3, 0.4) is 0 Å². The van der Waals surface area contributed by atoms with Gasteiger partial charge in [-0.05, 0) is 18.6 Å². The molecule has 0 spiro atoms. The van der Waals surface area contributed by atoms with Crippen molar-refractivity contribution in [1.82, 2.24) is 5.48 Å². The zero-order valence-electron chi connectivity index (χ0n) is 8.93. The van der Waals surface area contributed by atoms with Gasteiger partial charge in [0.2, 0.25) is 0 Å². The Labute approximate surface area is 93.7 Å². The highest BCUT2D eigenvalue weighted by atomic mass is 35.5. The van der Waals surface area contributed by atoms with Crippen LogP contribution in [-0.2, 0) is 11.4 Å². The number of phenols is 1. The number of hydroxylamine groups is 1. The van der Waals surface area contributed by atoms with Crippen LogP contribution in [0.2, 0.25) is 5.02 Å². The van der Waals surface area contributed by atoms with Crippen molar-refractivity contribution < 1.29 is 14.7 Å². The summed E-state index contributed by atoms with van der Waals surface area (Å²) in [6.45, 7) is 2.25. The normalized spacial score (nSPS) is 10.4. The maximum atomic E-state index is 9.87.